The third-order valence-electron chi connectivity index (χ3n) is 3.23. The molecule has 0 nitrogen and oxygen atoms in total. The van der Waals surface area contributed by atoms with Crippen LogP contribution in [0.15, 0.2) is 24.3 Å². The van der Waals surface area contributed by atoms with Gasteiger partial charge in [0.25, 0.3) is 0 Å². The van der Waals surface area contributed by atoms with E-state index in [1.165, 1.54) is 17.7 Å². The van der Waals surface area contributed by atoms with E-state index in [1.807, 2.05) is 12.1 Å². The molecule has 0 unspecified atom stereocenters. The van der Waals surface area contributed by atoms with Crippen molar-refractivity contribution in [2.75, 3.05) is 10.7 Å². The van der Waals surface area contributed by atoms with Crippen LogP contribution in [0.3, 0.4) is 0 Å². The minimum Gasteiger partial charge on any atom is -0.207 e. The van der Waals surface area contributed by atoms with E-state index in [0.717, 1.165) is 17.1 Å². The number of halogens is 3. The van der Waals surface area contributed by atoms with Gasteiger partial charge < -0.3 is 0 Å². The van der Waals surface area contributed by atoms with E-state index in [4.69, 9.17) is 0 Å². The van der Waals surface area contributed by atoms with Crippen LogP contribution < -0.4 is 0 Å². The Bertz CT molecular complexity index is 315. The van der Waals surface area contributed by atoms with Crippen molar-refractivity contribution >= 4 is 31.9 Å². The second-order valence-corrected chi connectivity index (χ2v) is 5.71. The first-order valence-electron chi connectivity index (χ1n) is 5.40. The third-order valence-corrected chi connectivity index (χ3v) is 5.46. The largest absolute Gasteiger partial charge is 0.207 e. The van der Waals surface area contributed by atoms with Crippen molar-refractivity contribution in [3.05, 3.63) is 35.6 Å². The van der Waals surface area contributed by atoms with Crippen LogP contribution in [-0.4, -0.2) is 10.7 Å². The molecule has 0 aromatic heterocycles. The van der Waals surface area contributed by atoms with E-state index < -0.39 is 0 Å². The van der Waals surface area contributed by atoms with Gasteiger partial charge in [0.05, 0.1) is 0 Å². The predicted molar refractivity (Wildman–Crippen MR) is 75.0 cm³/mol. The molecule has 0 aliphatic carbocycles. The van der Waals surface area contributed by atoms with E-state index in [0.29, 0.717) is 5.92 Å². The lowest BCUT2D eigenvalue weighted by Gasteiger charge is -2.34. The Morgan fingerprint density at radius 1 is 1.12 bits per heavy atom. The van der Waals surface area contributed by atoms with Gasteiger partial charge in [-0.25, -0.2) is 4.39 Å². The zero-order chi connectivity index (χ0) is 12.2. The molecule has 1 aromatic rings. The predicted octanol–water partition coefficient (Wildman–Crippen LogP) is 4.80. The zero-order valence-electron chi connectivity index (χ0n) is 9.64. The molecular weight excluding hydrogens is 335 g/mol. The van der Waals surface area contributed by atoms with E-state index in [1.54, 1.807) is 0 Å². The van der Waals surface area contributed by atoms with Crippen molar-refractivity contribution in [2.45, 2.75) is 20.3 Å². The molecular formula is C13H17Br2F. The summed E-state index contributed by atoms with van der Waals surface area (Å²) in [7, 11) is 0. The molecule has 1 aromatic carbocycles. The Hall–Kier alpha value is 0.110. The van der Waals surface area contributed by atoms with Gasteiger partial charge in [-0.3, -0.25) is 0 Å². The standard InChI is InChI=1S/C13H17Br2F/c1-10(2)13(8-14,9-15)7-11-3-5-12(16)6-4-11/h3-6,10H,7-9H2,1-2H3. The van der Waals surface area contributed by atoms with Gasteiger partial charge in [-0.05, 0) is 35.4 Å². The fourth-order valence-corrected chi connectivity index (χ4v) is 4.27. The molecule has 0 aliphatic heterocycles. The lowest BCUT2D eigenvalue weighted by molar-refractivity contribution is 0.268. The van der Waals surface area contributed by atoms with Crippen LogP contribution in [0, 0.1) is 17.2 Å². The average Bonchev–Trinajstić information content (AvgIpc) is 2.28. The summed E-state index contributed by atoms with van der Waals surface area (Å²) < 4.78 is 12.8. The van der Waals surface area contributed by atoms with Crippen LogP contribution in [0.2, 0.25) is 0 Å². The normalized spacial score (nSPS) is 12.1. The molecule has 0 aliphatic rings. The summed E-state index contributed by atoms with van der Waals surface area (Å²) >= 11 is 7.20. The third kappa shape index (κ3) is 3.30. The highest BCUT2D eigenvalue weighted by Crippen LogP contribution is 2.35. The minimum atomic E-state index is -0.170. The van der Waals surface area contributed by atoms with Crippen molar-refractivity contribution in [3.8, 4) is 0 Å². The Kier molecular flexibility index (Phi) is 5.45. The first-order valence-corrected chi connectivity index (χ1v) is 7.65. The first kappa shape index (κ1) is 14.2. The van der Waals surface area contributed by atoms with Crippen LogP contribution in [0.4, 0.5) is 4.39 Å². The van der Waals surface area contributed by atoms with Gasteiger partial charge in [0.15, 0.2) is 0 Å². The highest BCUT2D eigenvalue weighted by molar-refractivity contribution is 9.09. The van der Waals surface area contributed by atoms with Crippen molar-refractivity contribution in [3.63, 3.8) is 0 Å². The Labute approximate surface area is 114 Å². The molecule has 0 fully saturated rings. The molecule has 3 heteroatoms. The maximum absolute atomic E-state index is 12.8. The van der Waals surface area contributed by atoms with Crippen LogP contribution in [0.1, 0.15) is 19.4 Å². The Morgan fingerprint density at radius 3 is 2.00 bits per heavy atom. The van der Waals surface area contributed by atoms with Crippen LogP contribution >= 0.6 is 31.9 Å². The van der Waals surface area contributed by atoms with Crippen LogP contribution in [0.25, 0.3) is 0 Å². The number of alkyl halides is 2. The van der Waals surface area contributed by atoms with Crippen molar-refractivity contribution in [1.82, 2.24) is 0 Å². The van der Waals surface area contributed by atoms with E-state index in [9.17, 15) is 4.39 Å². The van der Waals surface area contributed by atoms with E-state index in [-0.39, 0.29) is 11.2 Å². The summed E-state index contributed by atoms with van der Waals surface area (Å²) in [4.78, 5) is 0. The summed E-state index contributed by atoms with van der Waals surface area (Å²) in [6.45, 7) is 4.46. The van der Waals surface area contributed by atoms with Gasteiger partial charge in [-0.1, -0.05) is 57.8 Å². The monoisotopic (exact) mass is 350 g/mol. The maximum atomic E-state index is 12.8. The van der Waals surface area contributed by atoms with Gasteiger partial charge in [0, 0.05) is 10.7 Å². The second-order valence-electron chi connectivity index (χ2n) is 4.59. The molecule has 0 saturated carbocycles. The van der Waals surface area contributed by atoms with E-state index >= 15 is 0 Å². The topological polar surface area (TPSA) is 0 Å². The number of hydrogen-bond acceptors (Lipinski definition) is 0. The molecule has 16 heavy (non-hydrogen) atoms. The highest BCUT2D eigenvalue weighted by Gasteiger charge is 2.31. The molecule has 0 spiro atoms. The summed E-state index contributed by atoms with van der Waals surface area (Å²) in [6.07, 6.45) is 0.960. The fraction of sp³-hybridized carbons (Fsp3) is 0.538. The number of benzene rings is 1. The molecule has 1 rings (SSSR count). The summed E-state index contributed by atoms with van der Waals surface area (Å²) in [6, 6.07) is 6.81. The van der Waals surface area contributed by atoms with Crippen LogP contribution in [0.5, 0.6) is 0 Å². The van der Waals surface area contributed by atoms with Gasteiger partial charge in [-0.2, -0.15) is 0 Å². The van der Waals surface area contributed by atoms with Gasteiger partial charge in [-0.15, -0.1) is 0 Å². The van der Waals surface area contributed by atoms with Crippen molar-refractivity contribution < 1.29 is 4.39 Å². The second kappa shape index (κ2) is 6.15. The van der Waals surface area contributed by atoms with E-state index in [2.05, 4.69) is 45.7 Å². The minimum absolute atomic E-state index is 0.170. The number of hydrogen-bond donors (Lipinski definition) is 0. The molecule has 0 N–H and O–H groups in total. The lowest BCUT2D eigenvalue weighted by Crippen LogP contribution is -2.33. The Morgan fingerprint density at radius 2 is 1.62 bits per heavy atom. The summed E-state index contributed by atoms with van der Waals surface area (Å²) in [5.74, 6) is 0.396. The molecule has 0 saturated heterocycles. The van der Waals surface area contributed by atoms with Gasteiger partial charge in [0.2, 0.25) is 0 Å². The van der Waals surface area contributed by atoms with Gasteiger partial charge >= 0.3 is 0 Å². The van der Waals surface area contributed by atoms with Crippen molar-refractivity contribution in [1.29, 1.82) is 0 Å². The summed E-state index contributed by atoms with van der Waals surface area (Å²) in [5, 5.41) is 1.89. The quantitative estimate of drug-likeness (QED) is 0.668. The molecule has 0 amide bonds. The molecule has 0 atom stereocenters. The Balaban J connectivity index is 2.87. The average molecular weight is 352 g/mol. The van der Waals surface area contributed by atoms with Crippen LogP contribution in [-0.2, 0) is 6.42 Å². The zero-order valence-corrected chi connectivity index (χ0v) is 12.8. The lowest BCUT2D eigenvalue weighted by atomic mass is 9.76. The van der Waals surface area contributed by atoms with Crippen molar-refractivity contribution in [2.24, 2.45) is 11.3 Å². The maximum Gasteiger partial charge on any atom is 0.123 e. The SMILES string of the molecule is CC(C)C(CBr)(CBr)Cc1ccc(F)cc1. The number of rotatable bonds is 5. The van der Waals surface area contributed by atoms with Gasteiger partial charge in [0.1, 0.15) is 5.82 Å². The molecule has 0 bridgehead atoms. The smallest absolute Gasteiger partial charge is 0.123 e. The first-order chi connectivity index (χ1) is 7.54. The summed E-state index contributed by atoms with van der Waals surface area (Å²) in [5.41, 5.74) is 1.38. The molecule has 90 valence electrons. The molecule has 0 heterocycles. The fourth-order valence-electron chi connectivity index (χ4n) is 1.65. The highest BCUT2D eigenvalue weighted by atomic mass is 79.9. The molecule has 0 radical (unpaired) electrons.